The van der Waals surface area contributed by atoms with Crippen LogP contribution >= 0.6 is 0 Å². The van der Waals surface area contributed by atoms with E-state index >= 15 is 0 Å². The highest BCUT2D eigenvalue weighted by Crippen LogP contribution is 2.25. The Hall–Kier alpha value is -3.14. The van der Waals surface area contributed by atoms with Crippen LogP contribution in [0.2, 0.25) is 0 Å². The van der Waals surface area contributed by atoms with Crippen LogP contribution in [0, 0.1) is 6.92 Å². The Labute approximate surface area is 198 Å². The second-order valence-corrected chi connectivity index (χ2v) is 10.1. The van der Waals surface area contributed by atoms with Crippen molar-refractivity contribution in [1.29, 1.82) is 0 Å². The Balaban J connectivity index is 1.49. The number of ether oxygens (including phenoxy) is 2. The van der Waals surface area contributed by atoms with Crippen molar-refractivity contribution in [3.05, 3.63) is 70.9 Å². The van der Waals surface area contributed by atoms with Gasteiger partial charge >= 0.3 is 5.97 Å². The number of aromatic nitrogens is 1. The predicted octanol–water partition coefficient (Wildman–Crippen LogP) is 3.51. The average molecular weight is 483 g/mol. The molecule has 0 amide bonds. The predicted molar refractivity (Wildman–Crippen MR) is 126 cm³/mol. The van der Waals surface area contributed by atoms with Crippen molar-refractivity contribution in [3.63, 3.8) is 0 Å². The van der Waals surface area contributed by atoms with Crippen LogP contribution in [0.25, 0.3) is 10.9 Å². The normalized spacial score (nSPS) is 14.4. The summed E-state index contributed by atoms with van der Waals surface area (Å²) in [5.41, 5.74) is 2.42. The van der Waals surface area contributed by atoms with E-state index in [1.54, 1.807) is 6.92 Å². The summed E-state index contributed by atoms with van der Waals surface area (Å²) in [6.07, 6.45) is 1.69. The molecule has 2 heterocycles. The molecule has 1 fully saturated rings. The third-order valence-corrected chi connectivity index (χ3v) is 7.84. The zero-order valence-electron chi connectivity index (χ0n) is 19.1. The Morgan fingerprint density at radius 2 is 1.71 bits per heavy atom. The summed E-state index contributed by atoms with van der Waals surface area (Å²) < 4.78 is 37.3. The number of hydrogen-bond acceptors (Lipinski definition) is 7. The van der Waals surface area contributed by atoms with Crippen molar-refractivity contribution in [1.82, 2.24) is 9.29 Å². The van der Waals surface area contributed by atoms with Crippen LogP contribution in [0.15, 0.2) is 53.4 Å². The number of fused-ring (bicyclic) bond motifs is 1. The number of sulfonamides is 1. The van der Waals surface area contributed by atoms with Gasteiger partial charge in [0.2, 0.25) is 10.0 Å². The maximum Gasteiger partial charge on any atom is 0.340 e. The van der Waals surface area contributed by atoms with Crippen LogP contribution < -0.4 is 0 Å². The van der Waals surface area contributed by atoms with E-state index in [4.69, 9.17) is 9.47 Å². The highest BCUT2D eigenvalue weighted by atomic mass is 32.2. The van der Waals surface area contributed by atoms with Gasteiger partial charge in [-0.3, -0.25) is 4.79 Å². The average Bonchev–Trinajstić information content (AvgIpc) is 3.39. The summed E-state index contributed by atoms with van der Waals surface area (Å²) in [7, 11) is -2.05. The number of carbonyl (C=O) groups is 2. The van der Waals surface area contributed by atoms with E-state index in [0.29, 0.717) is 24.3 Å². The third-order valence-electron chi connectivity index (χ3n) is 5.93. The molecule has 34 heavy (non-hydrogen) atoms. The van der Waals surface area contributed by atoms with Gasteiger partial charge in [-0.15, -0.1) is 0 Å². The van der Waals surface area contributed by atoms with E-state index in [1.165, 1.54) is 35.7 Å². The second-order valence-electron chi connectivity index (χ2n) is 8.14. The molecule has 2 aromatic carbocycles. The summed E-state index contributed by atoms with van der Waals surface area (Å²) in [4.78, 5) is 30.2. The quantitative estimate of drug-likeness (QED) is 0.358. The van der Waals surface area contributed by atoms with Gasteiger partial charge in [-0.05, 0) is 55.7 Å². The van der Waals surface area contributed by atoms with Crippen molar-refractivity contribution < 1.29 is 27.5 Å². The van der Waals surface area contributed by atoms with Gasteiger partial charge in [0.25, 0.3) is 0 Å². The lowest BCUT2D eigenvalue weighted by molar-refractivity contribution is 0.0469. The molecule has 0 unspecified atom stereocenters. The first kappa shape index (κ1) is 24.0. The molecule has 0 radical (unpaired) electrons. The maximum atomic E-state index is 12.9. The van der Waals surface area contributed by atoms with E-state index in [9.17, 15) is 18.0 Å². The number of methoxy groups -OCH3 is 1. The van der Waals surface area contributed by atoms with Crippen LogP contribution in [0.4, 0.5) is 0 Å². The number of carbonyl (C=O) groups excluding carboxylic acids is 2. The van der Waals surface area contributed by atoms with Crippen LogP contribution in [0.5, 0.6) is 0 Å². The first-order valence-corrected chi connectivity index (χ1v) is 12.4. The maximum absolute atomic E-state index is 12.9. The third kappa shape index (κ3) is 4.72. The summed E-state index contributed by atoms with van der Waals surface area (Å²) in [6.45, 7) is 2.47. The molecule has 0 saturated carbocycles. The minimum Gasteiger partial charge on any atom is -0.454 e. The molecule has 3 aromatic rings. The fourth-order valence-corrected chi connectivity index (χ4v) is 5.65. The van der Waals surface area contributed by atoms with Gasteiger partial charge < -0.3 is 9.47 Å². The Kier molecular flexibility index (Phi) is 7.06. The fourth-order valence-electron chi connectivity index (χ4n) is 4.13. The zero-order valence-corrected chi connectivity index (χ0v) is 19.9. The number of pyridine rings is 1. The lowest BCUT2D eigenvalue weighted by Gasteiger charge is -2.15. The van der Waals surface area contributed by atoms with Gasteiger partial charge in [-0.25, -0.2) is 18.2 Å². The molecular formula is C25H26N2O6S. The van der Waals surface area contributed by atoms with Crippen molar-refractivity contribution in [2.75, 3.05) is 26.8 Å². The van der Waals surface area contributed by atoms with Gasteiger partial charge in [-0.1, -0.05) is 18.2 Å². The molecule has 9 heteroatoms. The molecule has 178 valence electrons. The fraction of sp³-hybridized carbons (Fsp3) is 0.320. The number of esters is 1. The number of Topliss-reactive ketones (excluding diaryl/α,β-unsaturated/α-hetero) is 1. The number of ketones is 1. The molecule has 0 aliphatic carbocycles. The van der Waals surface area contributed by atoms with Crippen molar-refractivity contribution in [2.45, 2.75) is 31.3 Å². The Bertz CT molecular complexity index is 1330. The summed E-state index contributed by atoms with van der Waals surface area (Å²) >= 11 is 0. The standard InChI is InChI=1S/C25H26N2O6S/c1-17-20-7-3-4-8-21(20)26-22(15-32-2)24(17)25(29)33-16-23(28)18-9-11-19(12-10-18)34(30,31)27-13-5-6-14-27/h3-4,7-12H,5-6,13-16H2,1-2H3. The van der Waals surface area contributed by atoms with Gasteiger partial charge in [0, 0.05) is 31.1 Å². The summed E-state index contributed by atoms with van der Waals surface area (Å²) in [6, 6.07) is 13.2. The van der Waals surface area contributed by atoms with Gasteiger partial charge in [0.05, 0.1) is 28.3 Å². The number of aryl methyl sites for hydroxylation is 1. The van der Waals surface area contributed by atoms with E-state index in [2.05, 4.69) is 4.98 Å². The van der Waals surface area contributed by atoms with Crippen LogP contribution in [0.3, 0.4) is 0 Å². The largest absolute Gasteiger partial charge is 0.454 e. The first-order chi connectivity index (χ1) is 16.3. The zero-order chi connectivity index (χ0) is 24.3. The van der Waals surface area contributed by atoms with Crippen LogP contribution in [-0.2, 0) is 26.1 Å². The minimum absolute atomic E-state index is 0.122. The van der Waals surface area contributed by atoms with Crippen molar-refractivity contribution >= 4 is 32.7 Å². The van der Waals surface area contributed by atoms with E-state index in [1.807, 2.05) is 24.3 Å². The van der Waals surface area contributed by atoms with Crippen LogP contribution in [-0.4, -0.2) is 56.3 Å². The monoisotopic (exact) mass is 482 g/mol. The highest BCUT2D eigenvalue weighted by molar-refractivity contribution is 7.89. The molecule has 4 rings (SSSR count). The Morgan fingerprint density at radius 1 is 1.03 bits per heavy atom. The van der Waals surface area contributed by atoms with Gasteiger partial charge in [-0.2, -0.15) is 4.31 Å². The van der Waals surface area contributed by atoms with E-state index in [-0.39, 0.29) is 22.6 Å². The molecule has 1 saturated heterocycles. The van der Waals surface area contributed by atoms with E-state index < -0.39 is 28.4 Å². The second kappa shape index (κ2) is 10.0. The SMILES string of the molecule is COCc1nc2ccccc2c(C)c1C(=O)OCC(=O)c1ccc(S(=O)(=O)N2CCCC2)cc1. The molecule has 0 atom stereocenters. The molecule has 0 spiro atoms. The number of hydrogen-bond donors (Lipinski definition) is 0. The molecule has 1 aliphatic rings. The van der Waals surface area contributed by atoms with E-state index in [0.717, 1.165) is 23.7 Å². The number of benzene rings is 2. The van der Waals surface area contributed by atoms with Crippen LogP contribution in [0.1, 0.15) is 44.8 Å². The Morgan fingerprint density at radius 3 is 2.38 bits per heavy atom. The molecular weight excluding hydrogens is 456 g/mol. The lowest BCUT2D eigenvalue weighted by atomic mass is 10.0. The molecule has 8 nitrogen and oxygen atoms in total. The molecule has 1 aromatic heterocycles. The molecule has 0 bridgehead atoms. The number of nitrogens with zero attached hydrogens (tertiary/aromatic N) is 2. The highest BCUT2D eigenvalue weighted by Gasteiger charge is 2.27. The van der Waals surface area contributed by atoms with Gasteiger partial charge in [0.1, 0.15) is 0 Å². The van der Waals surface area contributed by atoms with Crippen molar-refractivity contribution in [3.8, 4) is 0 Å². The summed E-state index contributed by atoms with van der Waals surface area (Å²) in [5, 5.41) is 0.815. The number of rotatable bonds is 8. The van der Waals surface area contributed by atoms with Gasteiger partial charge in [0.15, 0.2) is 12.4 Å². The first-order valence-electron chi connectivity index (χ1n) is 11.0. The summed E-state index contributed by atoms with van der Waals surface area (Å²) in [5.74, 6) is -1.09. The minimum atomic E-state index is -3.56. The number of para-hydroxylation sites is 1. The molecule has 1 aliphatic heterocycles. The smallest absolute Gasteiger partial charge is 0.340 e. The lowest BCUT2D eigenvalue weighted by Crippen LogP contribution is -2.27. The van der Waals surface area contributed by atoms with Crippen molar-refractivity contribution in [2.24, 2.45) is 0 Å². The molecule has 0 N–H and O–H groups in total. The topological polar surface area (TPSA) is 103 Å².